The summed E-state index contributed by atoms with van der Waals surface area (Å²) in [5, 5.41) is 0. The quantitative estimate of drug-likeness (QED) is 0.399. The highest BCUT2D eigenvalue weighted by Gasteiger charge is 2.82. The average molecular weight is 92.1 g/mol. The first-order valence-electron chi connectivity index (χ1n) is 3.05. The van der Waals surface area contributed by atoms with E-state index in [1.807, 2.05) is 0 Å². The van der Waals surface area contributed by atoms with Gasteiger partial charge in [-0.3, -0.25) is 0 Å². The molecule has 7 heavy (non-hydrogen) atoms. The van der Waals surface area contributed by atoms with Gasteiger partial charge in [0, 0.05) is 0 Å². The third kappa shape index (κ3) is 0.131. The molecule has 0 heterocycles. The minimum atomic E-state index is 0.826. The van der Waals surface area contributed by atoms with Crippen molar-refractivity contribution in [2.75, 3.05) is 0 Å². The molecule has 0 atom stereocenters. The first-order valence-corrected chi connectivity index (χ1v) is 3.05. The normalized spacial score (nSPS) is 69.7. The molecule has 0 heteroatoms. The second-order valence-corrected chi connectivity index (χ2v) is 3.40. The van der Waals surface area contributed by atoms with Crippen LogP contribution in [0.3, 0.4) is 0 Å². The lowest BCUT2D eigenvalue weighted by Crippen LogP contribution is -1.83. The Bertz CT molecular complexity index is 159. The van der Waals surface area contributed by atoms with Gasteiger partial charge in [-0.25, -0.2) is 0 Å². The molecule has 0 radical (unpaired) electrons. The van der Waals surface area contributed by atoms with E-state index in [9.17, 15) is 0 Å². The third-order valence-corrected chi connectivity index (χ3v) is 3.06. The summed E-state index contributed by atoms with van der Waals surface area (Å²) in [6.07, 6.45) is 9.28. The molecule has 0 aromatic carbocycles. The summed E-state index contributed by atoms with van der Waals surface area (Å²) < 4.78 is 0. The van der Waals surface area contributed by atoms with Gasteiger partial charge >= 0.3 is 0 Å². The summed E-state index contributed by atoms with van der Waals surface area (Å²) in [6, 6.07) is 0. The molecule has 0 spiro atoms. The smallest absolute Gasteiger partial charge is 0.00468 e. The van der Waals surface area contributed by atoms with Crippen LogP contribution in [0.5, 0.6) is 0 Å². The SMILES string of the molecule is C1=CC23CC2(C1)C3. The zero-order valence-corrected chi connectivity index (χ0v) is 4.28. The van der Waals surface area contributed by atoms with Gasteiger partial charge in [0.05, 0.1) is 0 Å². The van der Waals surface area contributed by atoms with E-state index in [4.69, 9.17) is 0 Å². The number of hydrogen-bond acceptors (Lipinski definition) is 0. The second-order valence-electron chi connectivity index (χ2n) is 3.40. The van der Waals surface area contributed by atoms with Crippen molar-refractivity contribution in [3.05, 3.63) is 12.2 Å². The van der Waals surface area contributed by atoms with Crippen molar-refractivity contribution in [2.45, 2.75) is 19.3 Å². The Morgan fingerprint density at radius 2 is 2.14 bits per heavy atom. The lowest BCUT2D eigenvalue weighted by molar-refractivity contribution is 0.640. The Hall–Kier alpha value is -0.260. The van der Waals surface area contributed by atoms with Crippen LogP contribution < -0.4 is 0 Å². The van der Waals surface area contributed by atoms with Crippen LogP contribution >= 0.6 is 0 Å². The number of allylic oxidation sites excluding steroid dienone is 2. The van der Waals surface area contributed by atoms with Crippen molar-refractivity contribution in [1.29, 1.82) is 0 Å². The molecule has 3 aliphatic rings. The van der Waals surface area contributed by atoms with Crippen LogP contribution in [0.4, 0.5) is 0 Å². The molecule has 0 bridgehead atoms. The monoisotopic (exact) mass is 92.1 g/mol. The van der Waals surface area contributed by atoms with Gasteiger partial charge in [-0.15, -0.1) is 0 Å². The Labute approximate surface area is 43.2 Å². The first kappa shape index (κ1) is 2.91. The van der Waals surface area contributed by atoms with Crippen LogP contribution in [-0.4, -0.2) is 0 Å². The highest BCUT2D eigenvalue weighted by molar-refractivity contribution is 5.43. The van der Waals surface area contributed by atoms with Crippen LogP contribution in [0.2, 0.25) is 0 Å². The molecule has 0 amide bonds. The highest BCUT2D eigenvalue weighted by Crippen LogP contribution is 2.90. The van der Waals surface area contributed by atoms with E-state index in [1.165, 1.54) is 19.3 Å². The predicted molar refractivity (Wildman–Crippen MR) is 27.9 cm³/mol. The first-order chi connectivity index (χ1) is 3.37. The lowest BCUT2D eigenvalue weighted by Gasteiger charge is -1.97. The van der Waals surface area contributed by atoms with Crippen LogP contribution in [-0.2, 0) is 0 Å². The maximum Gasteiger partial charge on any atom is -0.00468 e. The molecule has 0 unspecified atom stereocenters. The summed E-state index contributed by atoms with van der Waals surface area (Å²) in [4.78, 5) is 0. The molecule has 3 rings (SSSR count). The highest BCUT2D eigenvalue weighted by atomic mass is 14.9. The molecule has 2 fully saturated rings. The van der Waals surface area contributed by atoms with Gasteiger partial charge in [0.15, 0.2) is 0 Å². The van der Waals surface area contributed by atoms with E-state index < -0.39 is 0 Å². The average Bonchev–Trinajstić information content (AvgIpc) is 2.26. The molecule has 0 aliphatic heterocycles. The zero-order valence-electron chi connectivity index (χ0n) is 4.28. The van der Waals surface area contributed by atoms with E-state index in [2.05, 4.69) is 12.2 Å². The number of rotatable bonds is 0. The molecule has 2 saturated carbocycles. The molecular weight excluding hydrogens is 84.1 g/mol. The van der Waals surface area contributed by atoms with Crippen LogP contribution in [0.1, 0.15) is 19.3 Å². The van der Waals surface area contributed by atoms with Gasteiger partial charge in [-0.1, -0.05) is 12.2 Å². The van der Waals surface area contributed by atoms with Crippen LogP contribution in [0.15, 0.2) is 12.2 Å². The van der Waals surface area contributed by atoms with Crippen molar-refractivity contribution in [1.82, 2.24) is 0 Å². The lowest BCUT2D eigenvalue weighted by atomic mass is 10.1. The molecule has 0 nitrogen and oxygen atoms in total. The largest absolute Gasteiger partial charge is 0.0874 e. The predicted octanol–water partition coefficient (Wildman–Crippen LogP) is 1.73. The minimum Gasteiger partial charge on any atom is -0.0874 e. The summed E-state index contributed by atoms with van der Waals surface area (Å²) in [6.45, 7) is 0. The van der Waals surface area contributed by atoms with Crippen LogP contribution in [0.25, 0.3) is 0 Å². The van der Waals surface area contributed by atoms with Crippen molar-refractivity contribution in [2.24, 2.45) is 10.8 Å². The fourth-order valence-corrected chi connectivity index (χ4v) is 2.22. The van der Waals surface area contributed by atoms with Crippen molar-refractivity contribution in [3.8, 4) is 0 Å². The maximum absolute atomic E-state index is 2.44. The molecule has 0 N–H and O–H groups in total. The van der Waals surface area contributed by atoms with Gasteiger partial charge in [0.1, 0.15) is 0 Å². The Morgan fingerprint density at radius 3 is 2.29 bits per heavy atom. The molecule has 36 valence electrons. The Morgan fingerprint density at radius 1 is 1.29 bits per heavy atom. The Balaban J connectivity index is 2.29. The summed E-state index contributed by atoms with van der Waals surface area (Å²) in [7, 11) is 0. The molecule has 0 saturated heterocycles. The van der Waals surface area contributed by atoms with Crippen LogP contribution in [0, 0.1) is 10.8 Å². The Kier molecular flexibility index (Phi) is 0.191. The van der Waals surface area contributed by atoms with Gasteiger partial charge in [0.2, 0.25) is 0 Å². The standard InChI is InChI=1S/C7H8/c1-2-6-4-7(6,3-1)5-6/h1-2H,3-5H2. The second kappa shape index (κ2) is 0.460. The van der Waals surface area contributed by atoms with Gasteiger partial charge in [-0.05, 0) is 30.1 Å². The van der Waals surface area contributed by atoms with E-state index in [0.717, 1.165) is 10.8 Å². The van der Waals surface area contributed by atoms with Gasteiger partial charge in [-0.2, -0.15) is 0 Å². The van der Waals surface area contributed by atoms with Crippen molar-refractivity contribution >= 4 is 0 Å². The summed E-state index contributed by atoms with van der Waals surface area (Å²) in [5.41, 5.74) is 1.72. The summed E-state index contributed by atoms with van der Waals surface area (Å²) >= 11 is 0. The maximum atomic E-state index is 2.44. The number of hydrogen-bond donors (Lipinski definition) is 0. The fraction of sp³-hybridized carbons (Fsp3) is 0.714. The zero-order chi connectivity index (χ0) is 4.54. The fourth-order valence-electron chi connectivity index (χ4n) is 2.22. The van der Waals surface area contributed by atoms with E-state index in [1.54, 1.807) is 0 Å². The van der Waals surface area contributed by atoms with E-state index >= 15 is 0 Å². The van der Waals surface area contributed by atoms with E-state index in [0.29, 0.717) is 0 Å². The molecule has 3 aliphatic carbocycles. The molecular formula is C7H8. The van der Waals surface area contributed by atoms with Crippen molar-refractivity contribution < 1.29 is 0 Å². The summed E-state index contributed by atoms with van der Waals surface area (Å²) in [5.74, 6) is 0. The van der Waals surface area contributed by atoms with Gasteiger partial charge in [0.25, 0.3) is 0 Å². The minimum absolute atomic E-state index is 0.826. The van der Waals surface area contributed by atoms with Gasteiger partial charge < -0.3 is 0 Å². The molecule has 0 aromatic heterocycles. The topological polar surface area (TPSA) is 0 Å². The molecule has 0 aromatic rings. The third-order valence-electron chi connectivity index (χ3n) is 3.06. The van der Waals surface area contributed by atoms with E-state index in [-0.39, 0.29) is 0 Å². The van der Waals surface area contributed by atoms with Crippen molar-refractivity contribution in [3.63, 3.8) is 0 Å².